The van der Waals surface area contributed by atoms with E-state index >= 15 is 0 Å². The van der Waals surface area contributed by atoms with E-state index in [-0.39, 0.29) is 0 Å². The maximum atomic E-state index is 5.91. The van der Waals surface area contributed by atoms with Crippen LogP contribution in [0.25, 0.3) is 0 Å². The molecule has 2 rings (SSSR count). The largest absolute Gasteiger partial charge is 0.381 e. The molecule has 2 aliphatic rings. The molecule has 1 aliphatic carbocycles. The Morgan fingerprint density at radius 1 is 1.40 bits per heavy atom. The second-order valence-corrected chi connectivity index (χ2v) is 5.26. The van der Waals surface area contributed by atoms with Gasteiger partial charge in [-0.25, -0.2) is 0 Å². The van der Waals surface area contributed by atoms with Crippen LogP contribution in [0.3, 0.4) is 0 Å². The van der Waals surface area contributed by atoms with Crippen molar-refractivity contribution in [1.29, 1.82) is 0 Å². The summed E-state index contributed by atoms with van der Waals surface area (Å²) in [7, 11) is 0. The Kier molecular flexibility index (Phi) is 4.00. The Morgan fingerprint density at radius 2 is 2.27 bits per heavy atom. The lowest BCUT2D eigenvalue weighted by Gasteiger charge is -2.21. The summed E-state index contributed by atoms with van der Waals surface area (Å²) in [6.07, 6.45) is 4.95. The van der Waals surface area contributed by atoms with Gasteiger partial charge in [0.1, 0.15) is 0 Å². The zero-order chi connectivity index (χ0) is 10.7. The highest BCUT2D eigenvalue weighted by Crippen LogP contribution is 2.24. The molecule has 15 heavy (non-hydrogen) atoms. The average Bonchev–Trinajstić information content (AvgIpc) is 2.84. The lowest BCUT2D eigenvalue weighted by atomic mass is 9.99. The van der Waals surface area contributed by atoms with Gasteiger partial charge in [-0.05, 0) is 51.0 Å². The highest BCUT2D eigenvalue weighted by Gasteiger charge is 2.25. The SMILES string of the molecule is CC(NCC1CCC(N)C1)C1CCOC1. The van der Waals surface area contributed by atoms with Crippen LogP contribution in [0.4, 0.5) is 0 Å². The second kappa shape index (κ2) is 5.28. The Hall–Kier alpha value is -0.120. The van der Waals surface area contributed by atoms with Gasteiger partial charge in [0.2, 0.25) is 0 Å². The highest BCUT2D eigenvalue weighted by atomic mass is 16.5. The first-order chi connectivity index (χ1) is 7.25. The molecule has 4 unspecified atom stereocenters. The van der Waals surface area contributed by atoms with E-state index in [2.05, 4.69) is 12.2 Å². The normalized spacial score (nSPS) is 38.4. The van der Waals surface area contributed by atoms with E-state index in [9.17, 15) is 0 Å². The van der Waals surface area contributed by atoms with Gasteiger partial charge in [0.05, 0.1) is 6.61 Å². The topological polar surface area (TPSA) is 47.3 Å². The monoisotopic (exact) mass is 212 g/mol. The number of nitrogens with one attached hydrogen (secondary N) is 1. The van der Waals surface area contributed by atoms with Crippen molar-refractivity contribution in [3.8, 4) is 0 Å². The Labute approximate surface area is 92.7 Å². The van der Waals surface area contributed by atoms with Crippen molar-refractivity contribution < 1.29 is 4.74 Å². The molecule has 1 aliphatic heterocycles. The molecule has 3 nitrogen and oxygen atoms in total. The quantitative estimate of drug-likeness (QED) is 0.734. The van der Waals surface area contributed by atoms with Crippen molar-refractivity contribution in [1.82, 2.24) is 5.32 Å². The van der Waals surface area contributed by atoms with E-state index in [1.165, 1.54) is 25.7 Å². The summed E-state index contributed by atoms with van der Waals surface area (Å²) in [6.45, 7) is 5.32. The number of hydrogen-bond acceptors (Lipinski definition) is 3. The third kappa shape index (κ3) is 3.16. The van der Waals surface area contributed by atoms with Crippen LogP contribution in [0.15, 0.2) is 0 Å². The number of rotatable bonds is 4. The predicted molar refractivity (Wildman–Crippen MR) is 61.7 cm³/mol. The smallest absolute Gasteiger partial charge is 0.0509 e. The van der Waals surface area contributed by atoms with Crippen LogP contribution in [0.5, 0.6) is 0 Å². The fraction of sp³-hybridized carbons (Fsp3) is 1.00. The predicted octanol–water partition coefficient (Wildman–Crippen LogP) is 1.13. The summed E-state index contributed by atoms with van der Waals surface area (Å²) in [5.74, 6) is 1.53. The first-order valence-electron chi connectivity index (χ1n) is 6.32. The van der Waals surface area contributed by atoms with Crippen LogP contribution in [-0.4, -0.2) is 31.8 Å². The van der Waals surface area contributed by atoms with E-state index in [4.69, 9.17) is 10.5 Å². The van der Waals surface area contributed by atoms with Crippen molar-refractivity contribution in [2.24, 2.45) is 17.6 Å². The Balaban J connectivity index is 1.64. The van der Waals surface area contributed by atoms with Gasteiger partial charge in [-0.1, -0.05) is 0 Å². The van der Waals surface area contributed by atoms with E-state index in [1.54, 1.807) is 0 Å². The summed E-state index contributed by atoms with van der Waals surface area (Å²) in [5.41, 5.74) is 5.91. The molecule has 0 radical (unpaired) electrons. The summed E-state index contributed by atoms with van der Waals surface area (Å²) < 4.78 is 5.41. The standard InChI is InChI=1S/C12H24N2O/c1-9(11-4-5-15-8-11)14-7-10-2-3-12(13)6-10/h9-12,14H,2-8,13H2,1H3. The van der Waals surface area contributed by atoms with E-state index < -0.39 is 0 Å². The number of ether oxygens (including phenoxy) is 1. The number of nitrogens with two attached hydrogens (primary N) is 1. The highest BCUT2D eigenvalue weighted by molar-refractivity contribution is 4.82. The maximum absolute atomic E-state index is 5.91. The van der Waals surface area contributed by atoms with Gasteiger partial charge >= 0.3 is 0 Å². The maximum Gasteiger partial charge on any atom is 0.0509 e. The molecule has 1 saturated carbocycles. The van der Waals surface area contributed by atoms with Crippen molar-refractivity contribution in [3.63, 3.8) is 0 Å². The molecule has 88 valence electrons. The molecule has 1 saturated heterocycles. The molecule has 1 heterocycles. The molecule has 3 N–H and O–H groups in total. The Bertz CT molecular complexity index is 192. The zero-order valence-electron chi connectivity index (χ0n) is 9.74. The molecule has 2 fully saturated rings. The molecule has 0 spiro atoms. The Morgan fingerprint density at radius 3 is 2.87 bits per heavy atom. The third-order valence-corrected chi connectivity index (χ3v) is 3.98. The van der Waals surface area contributed by atoms with Crippen LogP contribution >= 0.6 is 0 Å². The lowest BCUT2D eigenvalue weighted by molar-refractivity contribution is 0.177. The first-order valence-corrected chi connectivity index (χ1v) is 6.32. The minimum atomic E-state index is 0.460. The fourth-order valence-electron chi connectivity index (χ4n) is 2.77. The van der Waals surface area contributed by atoms with Gasteiger partial charge in [0.15, 0.2) is 0 Å². The fourth-order valence-corrected chi connectivity index (χ4v) is 2.77. The van der Waals surface area contributed by atoms with Crippen LogP contribution in [0.1, 0.15) is 32.6 Å². The lowest BCUT2D eigenvalue weighted by Crippen LogP contribution is -2.36. The molecule has 0 bridgehead atoms. The molecule has 3 heteroatoms. The van der Waals surface area contributed by atoms with Crippen LogP contribution < -0.4 is 11.1 Å². The molecule has 0 amide bonds. The van der Waals surface area contributed by atoms with Crippen LogP contribution in [-0.2, 0) is 4.74 Å². The minimum absolute atomic E-state index is 0.460. The molecule has 4 atom stereocenters. The van der Waals surface area contributed by atoms with E-state index in [1.807, 2.05) is 0 Å². The molecular formula is C12H24N2O. The average molecular weight is 212 g/mol. The minimum Gasteiger partial charge on any atom is -0.381 e. The molecule has 0 aromatic rings. The number of hydrogen-bond donors (Lipinski definition) is 2. The van der Waals surface area contributed by atoms with Gasteiger partial charge in [0.25, 0.3) is 0 Å². The molecule has 0 aromatic carbocycles. The summed E-state index contributed by atoms with van der Waals surface area (Å²) in [6, 6.07) is 1.06. The van der Waals surface area contributed by atoms with Crippen molar-refractivity contribution in [3.05, 3.63) is 0 Å². The third-order valence-electron chi connectivity index (χ3n) is 3.98. The second-order valence-electron chi connectivity index (χ2n) is 5.26. The van der Waals surface area contributed by atoms with Crippen molar-refractivity contribution in [2.75, 3.05) is 19.8 Å². The van der Waals surface area contributed by atoms with Gasteiger partial charge in [-0.15, -0.1) is 0 Å². The summed E-state index contributed by atoms with van der Waals surface area (Å²) >= 11 is 0. The van der Waals surface area contributed by atoms with Gasteiger partial charge in [0, 0.05) is 18.7 Å². The van der Waals surface area contributed by atoms with Gasteiger partial charge in [-0.2, -0.15) is 0 Å². The first kappa shape index (κ1) is 11.4. The van der Waals surface area contributed by atoms with Crippen LogP contribution in [0, 0.1) is 11.8 Å². The summed E-state index contributed by atoms with van der Waals surface area (Å²) in [5, 5.41) is 3.65. The molecule has 0 aromatic heterocycles. The van der Waals surface area contributed by atoms with Crippen molar-refractivity contribution >= 4 is 0 Å². The van der Waals surface area contributed by atoms with Gasteiger partial charge in [-0.3, -0.25) is 0 Å². The van der Waals surface area contributed by atoms with E-state index in [0.29, 0.717) is 12.1 Å². The summed E-state index contributed by atoms with van der Waals surface area (Å²) in [4.78, 5) is 0. The van der Waals surface area contributed by atoms with Gasteiger partial charge < -0.3 is 15.8 Å². The zero-order valence-corrected chi connectivity index (χ0v) is 9.74. The van der Waals surface area contributed by atoms with Crippen LogP contribution in [0.2, 0.25) is 0 Å². The van der Waals surface area contributed by atoms with E-state index in [0.717, 1.165) is 31.6 Å². The van der Waals surface area contributed by atoms with Crippen molar-refractivity contribution in [2.45, 2.75) is 44.7 Å². The molecular weight excluding hydrogens is 188 g/mol.